The molecular weight excluding hydrogens is 492 g/mol. The number of unbranched alkanes of at least 4 members (excludes halogenated alkanes) is 1. The van der Waals surface area contributed by atoms with Crippen LogP contribution < -0.4 is 25.1 Å². The molecule has 0 saturated carbocycles. The maximum atomic E-state index is 13.1. The Kier molecular flexibility index (Phi) is 9.04. The van der Waals surface area contributed by atoms with Crippen LogP contribution in [-0.2, 0) is 6.54 Å². The topological polar surface area (TPSA) is 77.8 Å². The normalized spacial score (nSPS) is 17.4. The van der Waals surface area contributed by atoms with Gasteiger partial charge in [0.2, 0.25) is 5.75 Å². The highest BCUT2D eigenvalue weighted by Gasteiger charge is 2.26. The second-order valence-corrected chi connectivity index (χ2v) is 10.8. The molecule has 210 valence electrons. The molecule has 2 aromatic heterocycles. The van der Waals surface area contributed by atoms with Gasteiger partial charge in [-0.3, -0.25) is 9.78 Å². The molecule has 8 heteroatoms. The summed E-state index contributed by atoms with van der Waals surface area (Å²) in [5.74, 6) is 2.72. The Hall–Kier alpha value is -3.10. The van der Waals surface area contributed by atoms with E-state index in [4.69, 9.17) is 14.2 Å². The largest absolute Gasteiger partial charge is 0.493 e. The number of likely N-dealkylation sites (tertiary alicyclic amines) is 1. The van der Waals surface area contributed by atoms with Crippen LogP contribution in [0.5, 0.6) is 17.2 Å². The number of nitrogens with one attached hydrogen (secondary N) is 1. The standard InChI is InChI=1S/C31H42N4O4/c1-4-5-14-35-21-27(25-8-13-33-19-26(25)31(35)36)23-17-28(37-2)30(29(18-23)38-3)39-24-9-15-34(16-10-24)20-22-6-11-32-12-7-22/h8,13,17-19,21-22,24,32H,4-7,9-12,14-16,20H2,1-3H3. The van der Waals surface area contributed by atoms with E-state index in [0.29, 0.717) is 29.2 Å². The van der Waals surface area contributed by atoms with Crippen molar-refractivity contribution < 1.29 is 14.2 Å². The van der Waals surface area contributed by atoms with Gasteiger partial charge in [-0.25, -0.2) is 0 Å². The minimum Gasteiger partial charge on any atom is -0.493 e. The quantitative estimate of drug-likeness (QED) is 0.403. The summed E-state index contributed by atoms with van der Waals surface area (Å²) in [6.07, 6.45) is 11.9. The third kappa shape index (κ3) is 6.23. The second kappa shape index (κ2) is 12.8. The SMILES string of the molecule is CCCCn1cc(-c2cc(OC)c(OC3CCN(CC4CCNCC4)CC3)c(OC)c2)c2ccncc2c1=O. The highest BCUT2D eigenvalue weighted by molar-refractivity contribution is 5.96. The van der Waals surface area contributed by atoms with Gasteiger partial charge >= 0.3 is 0 Å². The monoisotopic (exact) mass is 534 g/mol. The van der Waals surface area contributed by atoms with Gasteiger partial charge < -0.3 is 29.0 Å². The molecule has 2 aliphatic heterocycles. The molecule has 2 fully saturated rings. The molecule has 39 heavy (non-hydrogen) atoms. The number of benzene rings is 1. The first-order chi connectivity index (χ1) is 19.1. The molecule has 0 aliphatic carbocycles. The fourth-order valence-corrected chi connectivity index (χ4v) is 5.92. The van der Waals surface area contributed by atoms with E-state index in [-0.39, 0.29) is 11.7 Å². The van der Waals surface area contributed by atoms with Crippen LogP contribution in [0.25, 0.3) is 21.9 Å². The molecule has 0 atom stereocenters. The summed E-state index contributed by atoms with van der Waals surface area (Å²) in [5, 5.41) is 4.94. The maximum Gasteiger partial charge on any atom is 0.260 e. The van der Waals surface area contributed by atoms with Crippen molar-refractivity contribution in [2.75, 3.05) is 46.9 Å². The van der Waals surface area contributed by atoms with Gasteiger partial charge in [-0.1, -0.05) is 13.3 Å². The average molecular weight is 535 g/mol. The first-order valence-corrected chi connectivity index (χ1v) is 14.4. The Labute approximate surface area is 231 Å². The molecule has 2 aliphatic rings. The molecule has 0 spiro atoms. The van der Waals surface area contributed by atoms with Crippen LogP contribution >= 0.6 is 0 Å². The maximum absolute atomic E-state index is 13.1. The average Bonchev–Trinajstić information content (AvgIpc) is 2.98. The highest BCUT2D eigenvalue weighted by Crippen LogP contribution is 2.43. The lowest BCUT2D eigenvalue weighted by atomic mass is 9.96. The molecular formula is C31H42N4O4. The van der Waals surface area contributed by atoms with E-state index in [1.54, 1.807) is 31.2 Å². The summed E-state index contributed by atoms with van der Waals surface area (Å²) in [5.41, 5.74) is 1.84. The Morgan fingerprint density at radius 3 is 2.41 bits per heavy atom. The molecule has 0 amide bonds. The first kappa shape index (κ1) is 27.5. The van der Waals surface area contributed by atoms with Gasteiger partial charge in [-0.15, -0.1) is 0 Å². The molecule has 3 aromatic rings. The van der Waals surface area contributed by atoms with E-state index in [0.717, 1.165) is 74.3 Å². The highest BCUT2D eigenvalue weighted by atomic mass is 16.5. The van der Waals surface area contributed by atoms with Crippen molar-refractivity contribution in [2.24, 2.45) is 5.92 Å². The Morgan fingerprint density at radius 1 is 1.03 bits per heavy atom. The summed E-state index contributed by atoms with van der Waals surface area (Å²) in [6, 6.07) is 5.89. The molecule has 1 aromatic carbocycles. The molecule has 8 nitrogen and oxygen atoms in total. The van der Waals surface area contributed by atoms with Crippen LogP contribution in [0, 0.1) is 5.92 Å². The predicted molar refractivity (Wildman–Crippen MR) is 155 cm³/mol. The van der Waals surface area contributed by atoms with Crippen LogP contribution in [0.2, 0.25) is 0 Å². The molecule has 5 rings (SSSR count). The van der Waals surface area contributed by atoms with Crippen molar-refractivity contribution in [1.29, 1.82) is 0 Å². The minimum absolute atomic E-state index is 0.0133. The number of nitrogens with zero attached hydrogens (tertiary/aromatic N) is 3. The summed E-state index contributed by atoms with van der Waals surface area (Å²) >= 11 is 0. The summed E-state index contributed by atoms with van der Waals surface area (Å²) in [4.78, 5) is 19.9. The molecule has 1 N–H and O–H groups in total. The lowest BCUT2D eigenvalue weighted by Crippen LogP contribution is -2.42. The molecule has 4 heterocycles. The number of rotatable bonds is 10. The number of fused-ring (bicyclic) bond motifs is 1. The predicted octanol–water partition coefficient (Wildman–Crippen LogP) is 4.72. The molecule has 2 saturated heterocycles. The van der Waals surface area contributed by atoms with E-state index >= 15 is 0 Å². The zero-order valence-corrected chi connectivity index (χ0v) is 23.6. The van der Waals surface area contributed by atoms with Crippen molar-refractivity contribution >= 4 is 10.8 Å². The van der Waals surface area contributed by atoms with Crippen LogP contribution in [0.15, 0.2) is 41.6 Å². The number of aryl methyl sites for hydroxylation is 1. The lowest BCUT2D eigenvalue weighted by Gasteiger charge is -2.35. The smallest absolute Gasteiger partial charge is 0.260 e. The van der Waals surface area contributed by atoms with Crippen molar-refractivity contribution in [1.82, 2.24) is 19.8 Å². The number of ether oxygens (including phenoxy) is 3. The fraction of sp³-hybridized carbons (Fsp3) is 0.548. The van der Waals surface area contributed by atoms with E-state index in [9.17, 15) is 4.79 Å². The Morgan fingerprint density at radius 2 is 1.74 bits per heavy atom. The minimum atomic E-state index is -0.0133. The molecule has 0 bridgehead atoms. The Balaban J connectivity index is 1.39. The second-order valence-electron chi connectivity index (χ2n) is 10.8. The number of hydrogen-bond donors (Lipinski definition) is 1. The van der Waals surface area contributed by atoms with Gasteiger partial charge in [0.05, 0.1) is 19.6 Å². The summed E-state index contributed by atoms with van der Waals surface area (Å²) in [7, 11) is 3.33. The number of piperidine rings is 2. The molecule has 0 radical (unpaired) electrons. The zero-order valence-electron chi connectivity index (χ0n) is 23.6. The zero-order chi connectivity index (χ0) is 27.2. The van der Waals surface area contributed by atoms with Gasteiger partial charge in [-0.05, 0) is 80.3 Å². The van der Waals surface area contributed by atoms with Crippen LogP contribution in [0.1, 0.15) is 45.4 Å². The third-order valence-electron chi connectivity index (χ3n) is 8.21. The van der Waals surface area contributed by atoms with Gasteiger partial charge in [0, 0.05) is 50.3 Å². The summed E-state index contributed by atoms with van der Waals surface area (Å²) < 4.78 is 20.0. The van der Waals surface area contributed by atoms with Crippen molar-refractivity contribution in [3.63, 3.8) is 0 Å². The number of methoxy groups -OCH3 is 2. The fourth-order valence-electron chi connectivity index (χ4n) is 5.92. The van der Waals surface area contributed by atoms with Crippen molar-refractivity contribution in [3.8, 4) is 28.4 Å². The molecule has 0 unspecified atom stereocenters. The van der Waals surface area contributed by atoms with Gasteiger partial charge in [-0.2, -0.15) is 0 Å². The number of hydrogen-bond acceptors (Lipinski definition) is 7. The number of aromatic nitrogens is 2. The van der Waals surface area contributed by atoms with E-state index in [1.807, 2.05) is 24.4 Å². The Bertz CT molecular complexity index is 1280. The lowest BCUT2D eigenvalue weighted by molar-refractivity contribution is 0.0831. The van der Waals surface area contributed by atoms with Crippen molar-refractivity contribution in [3.05, 3.63) is 47.1 Å². The van der Waals surface area contributed by atoms with E-state index in [1.165, 1.54) is 19.4 Å². The van der Waals surface area contributed by atoms with Gasteiger partial charge in [0.1, 0.15) is 6.10 Å². The third-order valence-corrected chi connectivity index (χ3v) is 8.21. The first-order valence-electron chi connectivity index (χ1n) is 14.4. The van der Waals surface area contributed by atoms with Gasteiger partial charge in [0.15, 0.2) is 11.5 Å². The van der Waals surface area contributed by atoms with E-state index in [2.05, 4.69) is 22.1 Å². The van der Waals surface area contributed by atoms with E-state index < -0.39 is 0 Å². The van der Waals surface area contributed by atoms with Crippen LogP contribution in [-0.4, -0.2) is 67.5 Å². The van der Waals surface area contributed by atoms with Gasteiger partial charge in [0.25, 0.3) is 5.56 Å². The van der Waals surface area contributed by atoms with Crippen LogP contribution in [0.3, 0.4) is 0 Å². The van der Waals surface area contributed by atoms with Crippen molar-refractivity contribution in [2.45, 2.75) is 58.1 Å². The van der Waals surface area contributed by atoms with Crippen LogP contribution in [0.4, 0.5) is 0 Å². The summed E-state index contributed by atoms with van der Waals surface area (Å²) in [6.45, 7) is 8.38. The number of pyridine rings is 2.